The highest BCUT2D eigenvalue weighted by atomic mass is 16.5. The Kier molecular flexibility index (Phi) is 3.25. The van der Waals surface area contributed by atoms with E-state index in [0.29, 0.717) is 6.61 Å². The van der Waals surface area contributed by atoms with Crippen LogP contribution in [-0.2, 0) is 20.1 Å². The smallest absolute Gasteiger partial charge is 0.120 e. The number of rotatable bonds is 4. The second kappa shape index (κ2) is 4.84. The van der Waals surface area contributed by atoms with Crippen LogP contribution in [0.15, 0.2) is 36.7 Å². The Hall–Kier alpha value is -1.77. The summed E-state index contributed by atoms with van der Waals surface area (Å²) in [5.41, 5.74) is 2.38. The van der Waals surface area contributed by atoms with Gasteiger partial charge in [0.15, 0.2) is 0 Å². The average molecular weight is 216 g/mol. The van der Waals surface area contributed by atoms with Crippen molar-refractivity contribution >= 4 is 0 Å². The zero-order valence-electron chi connectivity index (χ0n) is 9.68. The maximum atomic E-state index is 5.69. The standard InChI is InChI=1S/C13H16N2O/c1-3-11-5-4-6-13(7-11)16-10-12-8-14-15(2)9-12/h4-9H,3,10H2,1-2H3. The number of ether oxygens (including phenoxy) is 1. The van der Waals surface area contributed by atoms with E-state index < -0.39 is 0 Å². The zero-order chi connectivity index (χ0) is 11.4. The van der Waals surface area contributed by atoms with Crippen LogP contribution >= 0.6 is 0 Å². The van der Waals surface area contributed by atoms with Gasteiger partial charge in [-0.15, -0.1) is 0 Å². The summed E-state index contributed by atoms with van der Waals surface area (Å²) < 4.78 is 7.47. The lowest BCUT2D eigenvalue weighted by Crippen LogP contribution is -1.94. The van der Waals surface area contributed by atoms with Crippen molar-refractivity contribution in [2.75, 3.05) is 0 Å². The summed E-state index contributed by atoms with van der Waals surface area (Å²) in [5, 5.41) is 4.10. The topological polar surface area (TPSA) is 27.1 Å². The average Bonchev–Trinajstić information content (AvgIpc) is 2.73. The third-order valence-corrected chi connectivity index (χ3v) is 2.47. The minimum atomic E-state index is 0.570. The summed E-state index contributed by atoms with van der Waals surface area (Å²) in [6.07, 6.45) is 4.82. The number of benzene rings is 1. The van der Waals surface area contributed by atoms with Crippen LogP contribution in [0.25, 0.3) is 0 Å². The molecule has 0 fully saturated rings. The van der Waals surface area contributed by atoms with Gasteiger partial charge in [-0.05, 0) is 24.1 Å². The van der Waals surface area contributed by atoms with E-state index in [1.54, 1.807) is 4.68 Å². The van der Waals surface area contributed by atoms with Gasteiger partial charge in [-0.25, -0.2) is 0 Å². The number of aryl methyl sites for hydroxylation is 2. The van der Waals surface area contributed by atoms with Gasteiger partial charge in [0.2, 0.25) is 0 Å². The molecule has 0 spiro atoms. The van der Waals surface area contributed by atoms with Crippen LogP contribution in [-0.4, -0.2) is 9.78 Å². The van der Waals surface area contributed by atoms with E-state index in [0.717, 1.165) is 17.7 Å². The molecule has 0 bridgehead atoms. The molecule has 3 nitrogen and oxygen atoms in total. The molecule has 2 rings (SSSR count). The minimum absolute atomic E-state index is 0.570. The molecule has 0 aliphatic carbocycles. The third kappa shape index (κ3) is 2.63. The van der Waals surface area contributed by atoms with E-state index in [4.69, 9.17) is 4.74 Å². The predicted molar refractivity (Wildman–Crippen MR) is 63.4 cm³/mol. The van der Waals surface area contributed by atoms with Gasteiger partial charge in [0.05, 0.1) is 6.20 Å². The van der Waals surface area contributed by atoms with E-state index >= 15 is 0 Å². The largest absolute Gasteiger partial charge is 0.489 e. The zero-order valence-corrected chi connectivity index (χ0v) is 9.68. The molecule has 2 aromatic rings. The van der Waals surface area contributed by atoms with Gasteiger partial charge >= 0.3 is 0 Å². The number of nitrogens with zero attached hydrogens (tertiary/aromatic N) is 2. The fourth-order valence-electron chi connectivity index (χ4n) is 1.57. The van der Waals surface area contributed by atoms with Crippen molar-refractivity contribution in [3.8, 4) is 5.75 Å². The summed E-state index contributed by atoms with van der Waals surface area (Å²) in [4.78, 5) is 0. The SMILES string of the molecule is CCc1cccc(OCc2cnn(C)c2)c1. The van der Waals surface area contributed by atoms with Crippen molar-refractivity contribution in [2.24, 2.45) is 7.05 Å². The summed E-state index contributed by atoms with van der Waals surface area (Å²) >= 11 is 0. The first-order valence-corrected chi connectivity index (χ1v) is 5.47. The fraction of sp³-hybridized carbons (Fsp3) is 0.308. The number of hydrogen-bond acceptors (Lipinski definition) is 2. The highest BCUT2D eigenvalue weighted by molar-refractivity contribution is 5.28. The van der Waals surface area contributed by atoms with Gasteiger partial charge in [-0.2, -0.15) is 5.10 Å². The van der Waals surface area contributed by atoms with E-state index in [-0.39, 0.29) is 0 Å². The number of hydrogen-bond donors (Lipinski definition) is 0. The molecule has 3 heteroatoms. The molecule has 0 aliphatic rings. The first kappa shape index (κ1) is 10.7. The molecule has 0 saturated carbocycles. The maximum Gasteiger partial charge on any atom is 0.120 e. The van der Waals surface area contributed by atoms with Gasteiger partial charge in [0.25, 0.3) is 0 Å². The highest BCUT2D eigenvalue weighted by Crippen LogP contribution is 2.15. The molecule has 0 N–H and O–H groups in total. The lowest BCUT2D eigenvalue weighted by molar-refractivity contribution is 0.306. The van der Waals surface area contributed by atoms with E-state index in [2.05, 4.69) is 24.2 Å². The van der Waals surface area contributed by atoms with Gasteiger partial charge in [-0.3, -0.25) is 4.68 Å². The second-order valence-electron chi connectivity index (χ2n) is 3.81. The van der Waals surface area contributed by atoms with Crippen molar-refractivity contribution in [3.63, 3.8) is 0 Å². The first-order valence-electron chi connectivity index (χ1n) is 5.47. The Morgan fingerprint density at radius 3 is 2.88 bits per heavy atom. The molecule has 1 aromatic heterocycles. The van der Waals surface area contributed by atoms with E-state index in [9.17, 15) is 0 Å². The van der Waals surface area contributed by atoms with Crippen molar-refractivity contribution in [1.29, 1.82) is 0 Å². The van der Waals surface area contributed by atoms with Crippen LogP contribution < -0.4 is 4.74 Å². The van der Waals surface area contributed by atoms with E-state index in [1.807, 2.05) is 31.6 Å². The number of aromatic nitrogens is 2. The monoisotopic (exact) mass is 216 g/mol. The molecule has 0 amide bonds. The van der Waals surface area contributed by atoms with Gasteiger partial charge in [0.1, 0.15) is 12.4 Å². The lowest BCUT2D eigenvalue weighted by Gasteiger charge is -2.05. The van der Waals surface area contributed by atoms with Crippen molar-refractivity contribution < 1.29 is 4.74 Å². The Labute approximate surface area is 95.7 Å². The van der Waals surface area contributed by atoms with Crippen LogP contribution in [0.1, 0.15) is 18.1 Å². The van der Waals surface area contributed by atoms with Crippen molar-refractivity contribution in [2.45, 2.75) is 20.0 Å². The summed E-state index contributed by atoms with van der Waals surface area (Å²) in [6.45, 7) is 2.71. The van der Waals surface area contributed by atoms with Crippen LogP contribution in [0, 0.1) is 0 Å². The van der Waals surface area contributed by atoms with Crippen LogP contribution in [0.3, 0.4) is 0 Å². The molecule has 0 saturated heterocycles. The third-order valence-electron chi connectivity index (χ3n) is 2.47. The minimum Gasteiger partial charge on any atom is -0.489 e. The van der Waals surface area contributed by atoms with Crippen LogP contribution in [0.4, 0.5) is 0 Å². The molecule has 0 atom stereocenters. The van der Waals surface area contributed by atoms with Crippen LogP contribution in [0.2, 0.25) is 0 Å². The molecule has 1 aromatic carbocycles. The molecule has 1 heterocycles. The van der Waals surface area contributed by atoms with Gasteiger partial charge < -0.3 is 4.74 Å². The molecule has 0 radical (unpaired) electrons. The quantitative estimate of drug-likeness (QED) is 0.785. The lowest BCUT2D eigenvalue weighted by atomic mass is 10.2. The molecule has 0 aliphatic heterocycles. The molecular weight excluding hydrogens is 200 g/mol. The molecule has 16 heavy (non-hydrogen) atoms. The van der Waals surface area contributed by atoms with Crippen LogP contribution in [0.5, 0.6) is 5.75 Å². The van der Waals surface area contributed by atoms with Crippen molar-refractivity contribution in [3.05, 3.63) is 47.8 Å². The predicted octanol–water partition coefficient (Wildman–Crippen LogP) is 2.56. The summed E-state index contributed by atoms with van der Waals surface area (Å²) in [5.74, 6) is 0.920. The van der Waals surface area contributed by atoms with Crippen molar-refractivity contribution in [1.82, 2.24) is 9.78 Å². The fourth-order valence-corrected chi connectivity index (χ4v) is 1.57. The van der Waals surface area contributed by atoms with Gasteiger partial charge in [-0.1, -0.05) is 19.1 Å². The van der Waals surface area contributed by atoms with Gasteiger partial charge in [0, 0.05) is 18.8 Å². The Balaban J connectivity index is 1.99. The normalized spacial score (nSPS) is 10.4. The molecular formula is C13H16N2O. The molecule has 0 unspecified atom stereocenters. The van der Waals surface area contributed by atoms with E-state index in [1.165, 1.54) is 5.56 Å². The first-order chi connectivity index (χ1) is 7.78. The maximum absolute atomic E-state index is 5.69. The summed E-state index contributed by atoms with van der Waals surface area (Å²) in [6, 6.07) is 8.19. The highest BCUT2D eigenvalue weighted by Gasteiger charge is 1.98. The Bertz CT molecular complexity index is 462. The molecule has 84 valence electrons. The Morgan fingerprint density at radius 2 is 2.19 bits per heavy atom. The summed E-state index contributed by atoms with van der Waals surface area (Å²) in [7, 11) is 1.90. The second-order valence-corrected chi connectivity index (χ2v) is 3.81. The Morgan fingerprint density at radius 1 is 1.31 bits per heavy atom.